The number of rotatable bonds is 5. The van der Waals surface area contributed by atoms with Gasteiger partial charge in [0.25, 0.3) is 0 Å². The highest BCUT2D eigenvalue weighted by Gasteiger charge is 2.16. The Hall–Kier alpha value is -1.26. The van der Waals surface area contributed by atoms with Gasteiger partial charge >= 0.3 is 0 Å². The molecule has 0 fully saturated rings. The van der Waals surface area contributed by atoms with Gasteiger partial charge in [-0.15, -0.1) is 0 Å². The van der Waals surface area contributed by atoms with Gasteiger partial charge in [0.15, 0.2) is 11.5 Å². The summed E-state index contributed by atoms with van der Waals surface area (Å²) in [5.41, 5.74) is 6.18. The first-order valence-corrected chi connectivity index (χ1v) is 4.83. The van der Waals surface area contributed by atoms with Crippen LogP contribution >= 0.6 is 0 Å². The third-order valence-electron chi connectivity index (χ3n) is 2.31. The van der Waals surface area contributed by atoms with Gasteiger partial charge in [-0.1, -0.05) is 12.1 Å². The summed E-state index contributed by atoms with van der Waals surface area (Å²) in [7, 11) is 3.11. The van der Waals surface area contributed by atoms with Crippen molar-refractivity contribution in [1.29, 1.82) is 0 Å². The zero-order valence-electron chi connectivity index (χ0n) is 9.06. The van der Waals surface area contributed by atoms with Gasteiger partial charge in [-0.3, -0.25) is 0 Å². The maximum absolute atomic E-state index is 9.87. The number of phenols is 1. The van der Waals surface area contributed by atoms with Crippen LogP contribution in [0.15, 0.2) is 18.2 Å². The van der Waals surface area contributed by atoms with Gasteiger partial charge in [0, 0.05) is 12.7 Å². The van der Waals surface area contributed by atoms with E-state index < -0.39 is 0 Å². The summed E-state index contributed by atoms with van der Waals surface area (Å²) in [5.74, 6) is 0.576. The van der Waals surface area contributed by atoms with Crippen molar-refractivity contribution in [2.24, 2.45) is 5.73 Å². The van der Waals surface area contributed by atoms with Gasteiger partial charge in [0.1, 0.15) is 0 Å². The third-order valence-corrected chi connectivity index (χ3v) is 2.31. The summed E-state index contributed by atoms with van der Waals surface area (Å²) >= 11 is 0. The van der Waals surface area contributed by atoms with Gasteiger partial charge in [-0.25, -0.2) is 0 Å². The number of phenolic OH excluding ortho intramolecular Hbond substituents is 1. The molecule has 1 unspecified atom stereocenters. The van der Waals surface area contributed by atoms with E-state index >= 15 is 0 Å². The van der Waals surface area contributed by atoms with Crippen molar-refractivity contribution in [2.45, 2.75) is 12.5 Å². The van der Waals surface area contributed by atoms with E-state index in [1.165, 1.54) is 7.11 Å². The molecule has 4 nitrogen and oxygen atoms in total. The van der Waals surface area contributed by atoms with Crippen LogP contribution in [0.4, 0.5) is 0 Å². The van der Waals surface area contributed by atoms with Crippen LogP contribution in [-0.2, 0) is 4.74 Å². The maximum atomic E-state index is 9.87. The molecule has 0 aromatic heterocycles. The molecule has 0 aliphatic carbocycles. The lowest BCUT2D eigenvalue weighted by Gasteiger charge is -2.17. The molecule has 0 saturated heterocycles. The van der Waals surface area contributed by atoms with E-state index in [0.29, 0.717) is 24.3 Å². The summed E-state index contributed by atoms with van der Waals surface area (Å²) in [6.45, 7) is 0.509. The summed E-state index contributed by atoms with van der Waals surface area (Å²) < 4.78 is 10.3. The van der Waals surface area contributed by atoms with Crippen LogP contribution in [-0.4, -0.2) is 25.9 Å². The molecule has 0 radical (unpaired) electrons. The van der Waals surface area contributed by atoms with E-state index in [2.05, 4.69) is 0 Å². The monoisotopic (exact) mass is 211 g/mol. The Bertz CT molecular complexity index is 315. The predicted octanol–water partition coefficient (Wildman–Crippen LogP) is 1.44. The van der Waals surface area contributed by atoms with E-state index in [-0.39, 0.29) is 11.9 Å². The van der Waals surface area contributed by atoms with Crippen molar-refractivity contribution in [3.63, 3.8) is 0 Å². The number of ether oxygens (including phenoxy) is 2. The second-order valence-electron chi connectivity index (χ2n) is 3.20. The SMILES string of the molecule is COc1cccc(C(CCN)OC)c1O. The minimum atomic E-state index is -0.190. The number of hydrogen-bond donors (Lipinski definition) is 2. The quantitative estimate of drug-likeness (QED) is 0.773. The molecule has 0 spiro atoms. The van der Waals surface area contributed by atoms with Crippen molar-refractivity contribution in [1.82, 2.24) is 0 Å². The molecule has 0 amide bonds. The summed E-state index contributed by atoms with van der Waals surface area (Å²) in [6.07, 6.45) is 0.474. The highest BCUT2D eigenvalue weighted by molar-refractivity contribution is 5.46. The first-order valence-electron chi connectivity index (χ1n) is 4.83. The lowest BCUT2D eigenvalue weighted by atomic mass is 10.0. The van der Waals surface area contributed by atoms with Crippen LogP contribution in [0, 0.1) is 0 Å². The fourth-order valence-electron chi connectivity index (χ4n) is 1.52. The Morgan fingerprint density at radius 3 is 2.67 bits per heavy atom. The average Bonchev–Trinajstić information content (AvgIpc) is 2.27. The van der Waals surface area contributed by atoms with E-state index in [1.54, 1.807) is 13.2 Å². The van der Waals surface area contributed by atoms with Crippen LogP contribution in [0.5, 0.6) is 11.5 Å². The van der Waals surface area contributed by atoms with Crippen LogP contribution in [0.3, 0.4) is 0 Å². The second kappa shape index (κ2) is 5.58. The normalized spacial score (nSPS) is 12.5. The Morgan fingerprint density at radius 1 is 1.40 bits per heavy atom. The van der Waals surface area contributed by atoms with Gasteiger partial charge in [0.05, 0.1) is 13.2 Å². The van der Waals surface area contributed by atoms with E-state index in [9.17, 15) is 5.11 Å². The molecule has 84 valence electrons. The molecule has 1 atom stereocenters. The first kappa shape index (κ1) is 11.8. The van der Waals surface area contributed by atoms with Crippen LogP contribution < -0.4 is 10.5 Å². The summed E-state index contributed by atoms with van der Waals surface area (Å²) in [6, 6.07) is 5.33. The topological polar surface area (TPSA) is 64.7 Å². The Balaban J connectivity index is 3.01. The molecule has 15 heavy (non-hydrogen) atoms. The van der Waals surface area contributed by atoms with Gasteiger partial charge in [-0.05, 0) is 19.0 Å². The highest BCUT2D eigenvalue weighted by Crippen LogP contribution is 2.35. The Kier molecular flexibility index (Phi) is 4.39. The summed E-state index contributed by atoms with van der Waals surface area (Å²) in [5, 5.41) is 9.87. The van der Waals surface area contributed by atoms with E-state index in [0.717, 1.165) is 0 Å². The average molecular weight is 211 g/mol. The number of methoxy groups -OCH3 is 2. The van der Waals surface area contributed by atoms with Crippen molar-refractivity contribution in [3.8, 4) is 11.5 Å². The number of para-hydroxylation sites is 1. The van der Waals surface area contributed by atoms with Crippen molar-refractivity contribution >= 4 is 0 Å². The fraction of sp³-hybridized carbons (Fsp3) is 0.455. The van der Waals surface area contributed by atoms with E-state index in [1.807, 2.05) is 12.1 Å². The molecular weight excluding hydrogens is 194 g/mol. The minimum Gasteiger partial charge on any atom is -0.504 e. The smallest absolute Gasteiger partial charge is 0.163 e. The molecule has 3 N–H and O–H groups in total. The molecule has 0 heterocycles. The van der Waals surface area contributed by atoms with Gasteiger partial charge < -0.3 is 20.3 Å². The molecule has 0 aliphatic rings. The molecule has 4 heteroatoms. The molecule has 0 saturated carbocycles. The number of nitrogens with two attached hydrogens (primary N) is 1. The lowest BCUT2D eigenvalue weighted by molar-refractivity contribution is 0.0951. The van der Waals surface area contributed by atoms with Crippen molar-refractivity contribution in [2.75, 3.05) is 20.8 Å². The molecule has 1 aromatic rings. The number of benzene rings is 1. The lowest BCUT2D eigenvalue weighted by Crippen LogP contribution is -2.09. The zero-order chi connectivity index (χ0) is 11.3. The third kappa shape index (κ3) is 2.61. The molecular formula is C11H17NO3. The first-order chi connectivity index (χ1) is 7.24. The predicted molar refractivity (Wildman–Crippen MR) is 58.1 cm³/mol. The van der Waals surface area contributed by atoms with Crippen LogP contribution in [0.1, 0.15) is 18.1 Å². The van der Waals surface area contributed by atoms with Gasteiger partial charge in [-0.2, -0.15) is 0 Å². The second-order valence-corrected chi connectivity index (χ2v) is 3.20. The van der Waals surface area contributed by atoms with Crippen molar-refractivity contribution < 1.29 is 14.6 Å². The molecule has 0 aliphatic heterocycles. The number of aromatic hydroxyl groups is 1. The Morgan fingerprint density at radius 2 is 2.13 bits per heavy atom. The minimum absolute atomic E-state index is 0.125. The zero-order valence-corrected chi connectivity index (χ0v) is 9.06. The molecule has 0 bridgehead atoms. The molecule has 1 aromatic carbocycles. The number of hydrogen-bond acceptors (Lipinski definition) is 4. The largest absolute Gasteiger partial charge is 0.504 e. The van der Waals surface area contributed by atoms with E-state index in [4.69, 9.17) is 15.2 Å². The highest BCUT2D eigenvalue weighted by atomic mass is 16.5. The van der Waals surface area contributed by atoms with Crippen molar-refractivity contribution in [3.05, 3.63) is 23.8 Å². The standard InChI is InChI=1S/C11H17NO3/c1-14-9(6-7-12)8-4-3-5-10(15-2)11(8)13/h3-5,9,13H,6-7,12H2,1-2H3. The molecule has 1 rings (SSSR count). The maximum Gasteiger partial charge on any atom is 0.163 e. The van der Waals surface area contributed by atoms with Crippen LogP contribution in [0.25, 0.3) is 0 Å². The van der Waals surface area contributed by atoms with Gasteiger partial charge in [0.2, 0.25) is 0 Å². The fourth-order valence-corrected chi connectivity index (χ4v) is 1.52. The summed E-state index contributed by atoms with van der Waals surface area (Å²) in [4.78, 5) is 0. The van der Waals surface area contributed by atoms with Crippen LogP contribution in [0.2, 0.25) is 0 Å². The Labute approximate surface area is 89.6 Å².